The molecule has 0 fully saturated rings. The van der Waals surface area contributed by atoms with E-state index in [0.717, 1.165) is 10.4 Å². The van der Waals surface area contributed by atoms with E-state index in [1.54, 1.807) is 6.92 Å². The number of esters is 1. The number of azide groups is 1. The predicted molar refractivity (Wildman–Crippen MR) is 62.8 cm³/mol. The molecule has 0 radical (unpaired) electrons. The number of aryl methyl sites for hydroxylation is 1. The van der Waals surface area contributed by atoms with Crippen LogP contribution >= 0.6 is 11.3 Å². The van der Waals surface area contributed by atoms with Crippen molar-refractivity contribution in [2.24, 2.45) is 5.11 Å². The molecule has 0 unspecified atom stereocenters. The van der Waals surface area contributed by atoms with Gasteiger partial charge < -0.3 is 4.74 Å². The minimum absolute atomic E-state index is 0.0220. The van der Waals surface area contributed by atoms with Crippen LogP contribution in [0.3, 0.4) is 0 Å². The molecule has 6 heteroatoms. The van der Waals surface area contributed by atoms with E-state index in [2.05, 4.69) is 10.0 Å². The molecule has 0 spiro atoms. The van der Waals surface area contributed by atoms with Crippen molar-refractivity contribution in [1.82, 2.24) is 0 Å². The second-order valence-corrected chi connectivity index (χ2v) is 3.91. The molecular weight excluding hydrogens is 226 g/mol. The van der Waals surface area contributed by atoms with Crippen molar-refractivity contribution in [2.75, 3.05) is 6.61 Å². The zero-order valence-corrected chi connectivity index (χ0v) is 9.82. The highest BCUT2D eigenvalue weighted by Gasteiger charge is 2.08. The lowest BCUT2D eigenvalue weighted by Gasteiger charge is -1.99. The van der Waals surface area contributed by atoms with Crippen LogP contribution in [0.5, 0.6) is 0 Å². The zero-order chi connectivity index (χ0) is 12.0. The van der Waals surface area contributed by atoms with Crippen molar-refractivity contribution < 1.29 is 9.53 Å². The van der Waals surface area contributed by atoms with Gasteiger partial charge >= 0.3 is 5.97 Å². The van der Waals surface area contributed by atoms with E-state index >= 15 is 0 Å². The molecule has 0 N–H and O–H groups in total. The van der Waals surface area contributed by atoms with Crippen molar-refractivity contribution in [3.63, 3.8) is 0 Å². The number of nitrogens with zero attached hydrogens (tertiary/aromatic N) is 3. The molecule has 0 amide bonds. The highest BCUT2D eigenvalue weighted by molar-refractivity contribution is 7.11. The molecule has 0 aliphatic rings. The Kier molecular flexibility index (Phi) is 4.57. The van der Waals surface area contributed by atoms with Crippen molar-refractivity contribution >= 4 is 23.4 Å². The monoisotopic (exact) mass is 237 g/mol. The summed E-state index contributed by atoms with van der Waals surface area (Å²) < 4.78 is 4.77. The molecule has 0 aliphatic carbocycles. The fourth-order valence-corrected chi connectivity index (χ4v) is 1.87. The Morgan fingerprint density at radius 3 is 3.00 bits per heavy atom. The lowest BCUT2D eigenvalue weighted by molar-refractivity contribution is -0.138. The van der Waals surface area contributed by atoms with Gasteiger partial charge in [-0.3, -0.25) is 0 Å². The Morgan fingerprint density at radius 2 is 2.50 bits per heavy atom. The van der Waals surface area contributed by atoms with Crippen LogP contribution in [0.1, 0.15) is 17.4 Å². The number of ether oxygens (including phenoxy) is 1. The van der Waals surface area contributed by atoms with Gasteiger partial charge in [-0.05, 0) is 42.5 Å². The van der Waals surface area contributed by atoms with Crippen LogP contribution in [0.25, 0.3) is 16.5 Å². The summed E-state index contributed by atoms with van der Waals surface area (Å²) >= 11 is 1.47. The Hall–Kier alpha value is -1.78. The van der Waals surface area contributed by atoms with Crippen LogP contribution < -0.4 is 0 Å². The van der Waals surface area contributed by atoms with Crippen LogP contribution in [-0.2, 0) is 9.53 Å². The number of rotatable bonds is 4. The van der Waals surface area contributed by atoms with E-state index in [-0.39, 0.29) is 12.3 Å². The first-order valence-corrected chi connectivity index (χ1v) is 5.54. The quantitative estimate of drug-likeness (QED) is 0.265. The second kappa shape index (κ2) is 5.95. The SMILES string of the molecule is CCOC(=O)/C(=C\c1cc(C)cs1)N=[N+]=[N-]. The smallest absolute Gasteiger partial charge is 0.340 e. The minimum atomic E-state index is -0.605. The van der Waals surface area contributed by atoms with E-state index < -0.39 is 5.97 Å². The van der Waals surface area contributed by atoms with Crippen LogP contribution in [0.4, 0.5) is 0 Å². The maximum Gasteiger partial charge on any atom is 0.340 e. The van der Waals surface area contributed by atoms with Gasteiger partial charge in [0.25, 0.3) is 0 Å². The average molecular weight is 237 g/mol. The standard InChI is InChI=1S/C10H11N3O2S/c1-3-15-10(14)9(12-13-11)5-8-4-7(2)6-16-8/h4-6H,3H2,1-2H3/b9-5+. The Morgan fingerprint density at radius 1 is 1.75 bits per heavy atom. The molecule has 5 nitrogen and oxygen atoms in total. The molecular formula is C10H11N3O2S. The van der Waals surface area contributed by atoms with Gasteiger partial charge in [0.15, 0.2) is 0 Å². The maximum absolute atomic E-state index is 11.4. The molecule has 16 heavy (non-hydrogen) atoms. The topological polar surface area (TPSA) is 75.1 Å². The average Bonchev–Trinajstić information content (AvgIpc) is 2.64. The van der Waals surface area contributed by atoms with Crippen molar-refractivity contribution in [3.8, 4) is 0 Å². The molecule has 0 saturated heterocycles. The molecule has 0 saturated carbocycles. The summed E-state index contributed by atoms with van der Waals surface area (Å²) in [5.74, 6) is -0.605. The third-order valence-electron chi connectivity index (χ3n) is 1.67. The highest BCUT2D eigenvalue weighted by atomic mass is 32.1. The number of thiophene rings is 1. The van der Waals surface area contributed by atoms with Gasteiger partial charge in [0.2, 0.25) is 0 Å². The lowest BCUT2D eigenvalue weighted by Crippen LogP contribution is -2.05. The van der Waals surface area contributed by atoms with E-state index in [4.69, 9.17) is 10.3 Å². The number of hydrogen-bond acceptors (Lipinski definition) is 4. The van der Waals surface area contributed by atoms with Crippen molar-refractivity contribution in [2.45, 2.75) is 13.8 Å². The van der Waals surface area contributed by atoms with Crippen molar-refractivity contribution in [3.05, 3.63) is 38.0 Å². The van der Waals surface area contributed by atoms with Gasteiger partial charge in [0, 0.05) is 9.79 Å². The molecule has 1 aromatic rings. The number of hydrogen-bond donors (Lipinski definition) is 0. The Labute approximate surface area is 97.0 Å². The Bertz CT molecular complexity index is 458. The lowest BCUT2D eigenvalue weighted by atomic mass is 10.3. The zero-order valence-electron chi connectivity index (χ0n) is 9.01. The summed E-state index contributed by atoms with van der Waals surface area (Å²) in [7, 11) is 0. The first kappa shape index (κ1) is 12.3. The van der Waals surface area contributed by atoms with Gasteiger partial charge in [0.1, 0.15) is 5.70 Å². The van der Waals surface area contributed by atoms with Gasteiger partial charge in [-0.1, -0.05) is 5.11 Å². The molecule has 0 atom stereocenters. The number of carbonyl (C=O) groups is 1. The molecule has 0 aliphatic heterocycles. The largest absolute Gasteiger partial charge is 0.462 e. The van der Waals surface area contributed by atoms with Crippen LogP contribution in [-0.4, -0.2) is 12.6 Å². The number of carbonyl (C=O) groups excluding carboxylic acids is 1. The van der Waals surface area contributed by atoms with Gasteiger partial charge in [-0.25, -0.2) is 4.79 Å². The minimum Gasteiger partial charge on any atom is -0.462 e. The fraction of sp³-hybridized carbons (Fsp3) is 0.300. The summed E-state index contributed by atoms with van der Waals surface area (Å²) in [4.78, 5) is 14.9. The van der Waals surface area contributed by atoms with E-state index in [0.29, 0.717) is 0 Å². The molecule has 0 aromatic carbocycles. The molecule has 0 bridgehead atoms. The fourth-order valence-electron chi connectivity index (χ4n) is 1.05. The molecule has 1 rings (SSSR count). The normalized spacial score (nSPS) is 10.8. The first-order chi connectivity index (χ1) is 7.67. The molecule has 1 aromatic heterocycles. The third-order valence-corrected chi connectivity index (χ3v) is 2.66. The molecule has 1 heterocycles. The van der Waals surface area contributed by atoms with Gasteiger partial charge in [-0.2, -0.15) is 0 Å². The van der Waals surface area contributed by atoms with Crippen molar-refractivity contribution in [1.29, 1.82) is 0 Å². The Balaban J connectivity index is 2.97. The van der Waals surface area contributed by atoms with E-state index in [1.165, 1.54) is 17.4 Å². The summed E-state index contributed by atoms with van der Waals surface area (Å²) in [6.45, 7) is 3.90. The van der Waals surface area contributed by atoms with Crippen LogP contribution in [0.2, 0.25) is 0 Å². The van der Waals surface area contributed by atoms with Gasteiger partial charge in [-0.15, -0.1) is 11.3 Å². The maximum atomic E-state index is 11.4. The highest BCUT2D eigenvalue weighted by Crippen LogP contribution is 2.18. The summed E-state index contributed by atoms with van der Waals surface area (Å²) in [6.07, 6.45) is 1.52. The third kappa shape index (κ3) is 3.42. The van der Waals surface area contributed by atoms with E-state index in [9.17, 15) is 4.79 Å². The van der Waals surface area contributed by atoms with E-state index in [1.807, 2.05) is 18.4 Å². The van der Waals surface area contributed by atoms with Crippen LogP contribution in [0.15, 0.2) is 22.3 Å². The molecule has 84 valence electrons. The summed E-state index contributed by atoms with van der Waals surface area (Å²) in [5.41, 5.74) is 9.43. The van der Waals surface area contributed by atoms with Crippen LogP contribution in [0, 0.1) is 6.92 Å². The summed E-state index contributed by atoms with van der Waals surface area (Å²) in [6, 6.07) is 1.90. The summed E-state index contributed by atoms with van der Waals surface area (Å²) in [5, 5.41) is 5.27. The predicted octanol–water partition coefficient (Wildman–Crippen LogP) is 3.27. The first-order valence-electron chi connectivity index (χ1n) is 4.66. The van der Waals surface area contributed by atoms with Gasteiger partial charge in [0.05, 0.1) is 6.61 Å². The second-order valence-electron chi connectivity index (χ2n) is 2.97.